The molecule has 4 atom stereocenters. The lowest BCUT2D eigenvalue weighted by Gasteiger charge is -2.35. The molecule has 0 spiro atoms. The van der Waals surface area contributed by atoms with Gasteiger partial charge in [0, 0.05) is 286 Å². The highest BCUT2D eigenvalue weighted by Crippen LogP contribution is 2.40. The number of hydrogen-bond donors (Lipinski definition) is 4. The molecule has 4 N–H and O–H groups in total. The number of fused-ring (bicyclic) bond motifs is 4. The van der Waals surface area contributed by atoms with Gasteiger partial charge in [-0.3, -0.25) is 9.36 Å². The third-order valence-corrected chi connectivity index (χ3v) is 30.2. The van der Waals surface area contributed by atoms with Gasteiger partial charge in [-0.1, -0.05) is 54.1 Å². The Morgan fingerprint density at radius 3 is 0.819 bits per heavy atom. The lowest BCUT2D eigenvalue weighted by atomic mass is 9.87. The molecule has 0 amide bonds. The summed E-state index contributed by atoms with van der Waals surface area (Å²) in [5.74, 6) is 5.08. The number of anilines is 8. The van der Waals surface area contributed by atoms with E-state index in [0.29, 0.717) is 73.3 Å². The van der Waals surface area contributed by atoms with E-state index in [1.807, 2.05) is 81.5 Å². The van der Waals surface area contributed by atoms with Gasteiger partial charge in [0.05, 0.1) is 12.4 Å². The predicted octanol–water partition coefficient (Wildman–Crippen LogP) is 14.7. The Morgan fingerprint density at radius 1 is 0.275 bits per heavy atom. The smallest absolute Gasteiger partial charge is 0.225 e. The zero-order chi connectivity index (χ0) is 103. The molecule has 4 aliphatic rings. The predicted molar refractivity (Wildman–Crippen MR) is 568 cm³/mol. The van der Waals surface area contributed by atoms with Gasteiger partial charge >= 0.3 is 0 Å². The molecule has 0 radical (unpaired) electrons. The first kappa shape index (κ1) is 98.8. The Labute approximate surface area is 867 Å². The number of thiophene rings is 2. The van der Waals surface area contributed by atoms with Crippen molar-refractivity contribution in [2.45, 2.75) is 70.9 Å². The highest BCUT2D eigenvalue weighted by molar-refractivity contribution is 7.15. The Hall–Kier alpha value is -16.2. The summed E-state index contributed by atoms with van der Waals surface area (Å²) in [6.07, 6.45) is 35.4. The molecule has 42 heteroatoms. The normalized spacial score (nSPS) is 15.8. The summed E-state index contributed by atoms with van der Waals surface area (Å²) < 4.78 is 51.2. The third-order valence-electron chi connectivity index (χ3n) is 27.8. The summed E-state index contributed by atoms with van der Waals surface area (Å²) in [6.45, 7) is 24.7. The number of piperazine rings is 4. The second-order valence-corrected chi connectivity index (χ2v) is 41.0. The van der Waals surface area contributed by atoms with Gasteiger partial charge in [-0.15, -0.1) is 22.7 Å². The van der Waals surface area contributed by atoms with Crippen molar-refractivity contribution in [2.24, 2.45) is 14.1 Å². The van der Waals surface area contributed by atoms with Crippen LogP contribution in [0.4, 0.5) is 60.2 Å². The van der Waals surface area contributed by atoms with Gasteiger partial charge in [-0.25, -0.2) is 91.0 Å². The van der Waals surface area contributed by atoms with Crippen molar-refractivity contribution in [3.63, 3.8) is 0 Å². The van der Waals surface area contributed by atoms with E-state index in [4.69, 9.17) is 11.6 Å². The monoisotopic (exact) mass is 2060 g/mol. The zero-order valence-corrected chi connectivity index (χ0v) is 85.5. The summed E-state index contributed by atoms with van der Waals surface area (Å²) in [4.78, 5) is 77.4. The van der Waals surface area contributed by atoms with E-state index in [1.54, 1.807) is 184 Å². The number of hydrogen-bond acceptors (Lipinski definition) is 32. The lowest BCUT2D eigenvalue weighted by Crippen LogP contribution is -2.47. The summed E-state index contributed by atoms with van der Waals surface area (Å²) in [7, 11) is 3.81. The summed E-state index contributed by atoms with van der Waals surface area (Å²) >= 11 is 9.53. The number of rotatable bonds is 20. The molecule has 4 aliphatic heterocycles. The van der Waals surface area contributed by atoms with Crippen LogP contribution in [0.5, 0.6) is 0 Å². The van der Waals surface area contributed by atoms with Gasteiger partial charge in [0.25, 0.3) is 0 Å². The van der Waals surface area contributed by atoms with Crippen molar-refractivity contribution >= 4 is 103 Å². The fraction of sp³-hybridized carbons (Fsp3) is 0.271. The molecule has 4 aromatic carbocycles. The second kappa shape index (κ2) is 41.3. The summed E-state index contributed by atoms with van der Waals surface area (Å²) in [6, 6.07) is 40.2. The average Bonchev–Trinajstić information content (AvgIpc) is 1.21. The topological polar surface area (TPSA) is 366 Å². The average molecular weight is 2060 g/mol. The van der Waals surface area contributed by atoms with Crippen molar-refractivity contribution in [3.05, 3.63) is 346 Å². The van der Waals surface area contributed by atoms with Crippen LogP contribution in [0.25, 0.3) is 65.2 Å². The highest BCUT2D eigenvalue weighted by atomic mass is 35.5. The molecule has 0 bridgehead atoms. The molecule has 36 nitrogen and oxygen atoms in total. The van der Waals surface area contributed by atoms with E-state index in [0.717, 1.165) is 189 Å². The second-order valence-electron chi connectivity index (χ2n) is 37.9. The number of benzene rings is 4. The maximum absolute atomic E-state index is 13.6. The fourth-order valence-electron chi connectivity index (χ4n) is 19.1. The molecule has 0 saturated carbocycles. The van der Waals surface area contributed by atoms with E-state index in [-0.39, 0.29) is 17.5 Å². The maximum Gasteiger partial charge on any atom is 0.225 e. The molecule has 20 aromatic rings. The Morgan fingerprint density at radius 2 is 0.544 bits per heavy atom. The van der Waals surface area contributed by atoms with Gasteiger partial charge in [-0.2, -0.15) is 30.6 Å². The molecule has 758 valence electrons. The fourth-order valence-corrected chi connectivity index (χ4v) is 20.9. The Kier molecular flexibility index (Phi) is 27.4. The maximum atomic E-state index is 13.6. The Balaban J connectivity index is 0.000000116. The van der Waals surface area contributed by atoms with E-state index in [9.17, 15) is 33.6 Å². The van der Waals surface area contributed by atoms with Crippen molar-refractivity contribution in [1.29, 1.82) is 0 Å². The van der Waals surface area contributed by atoms with Crippen molar-refractivity contribution in [1.82, 2.24) is 118 Å². The van der Waals surface area contributed by atoms with Crippen molar-refractivity contribution in [2.75, 3.05) is 144 Å². The standard InChI is InChI=1S/C27H28FN9O.2C27H26FN7OS.C26H26ClN9O/c1-18-10-22(28)4-5-23(18)27(2,38)21-13-29-26(30-14-21)36-8-6-35(7-9-36)25-24-11-19(16-37(24)33-17-31-25)20-12-32-34(3)15-20;2*1-18-3-8-24(37-18)19-13-23-25(31-17-32-35(23)16-19)33-9-11-34(12-10-33)26-29-14-21(15-30-26)27(2,36)20-4-6-22(28)7-5-20;1-26(37,20-3-5-22(27)6-4-20)21-13-28-25(29-14-21)35-9-7-34(8-10-35)24-23-11-18(16-36(23)32-17-30-24)19-12-31-33(2)15-19/h4-5,10-17,38H,6-9H2,1-3H3;2*3-8,13-17,36H,9-12H2,1-2H3;3-6,11-17,37H,7-10H2,1-2H3/t3*27-;26-/m1101/s1. The molecule has 0 unspecified atom stereocenters. The first-order valence-corrected chi connectivity index (χ1v) is 50.6. The van der Waals surface area contributed by atoms with E-state index >= 15 is 0 Å². The van der Waals surface area contributed by atoms with Gasteiger partial charge in [-0.05, 0) is 173 Å². The van der Waals surface area contributed by atoms with Crippen LogP contribution < -0.4 is 39.2 Å². The molecule has 149 heavy (non-hydrogen) atoms. The van der Waals surface area contributed by atoms with Crippen molar-refractivity contribution in [3.8, 4) is 43.1 Å². The van der Waals surface area contributed by atoms with Crippen LogP contribution in [0.3, 0.4) is 0 Å². The van der Waals surface area contributed by atoms with Crippen LogP contribution in [0.15, 0.2) is 264 Å². The van der Waals surface area contributed by atoms with Crippen LogP contribution in [0, 0.1) is 38.2 Å². The van der Waals surface area contributed by atoms with Gasteiger partial charge in [0.1, 0.15) is 87.2 Å². The van der Waals surface area contributed by atoms with E-state index in [1.165, 1.54) is 55.9 Å². The largest absolute Gasteiger partial charge is 0.381 e. The molecule has 4 saturated heterocycles. The van der Waals surface area contributed by atoms with Crippen LogP contribution in [0.2, 0.25) is 5.02 Å². The molecular weight excluding hydrogens is 1950 g/mol. The Bertz CT molecular complexity index is 7550. The molecule has 4 fully saturated rings. The van der Waals surface area contributed by atoms with Gasteiger partial charge < -0.3 is 59.6 Å². The van der Waals surface area contributed by atoms with E-state index in [2.05, 4.69) is 204 Å². The number of aromatic nitrogens is 24. The van der Waals surface area contributed by atoms with Crippen LogP contribution in [-0.4, -0.2) is 243 Å². The zero-order valence-electron chi connectivity index (χ0n) is 83.1. The van der Waals surface area contributed by atoms with Crippen LogP contribution >= 0.6 is 34.3 Å². The van der Waals surface area contributed by atoms with Gasteiger partial charge in [0.2, 0.25) is 23.8 Å². The first-order valence-electron chi connectivity index (χ1n) is 48.6. The first-order chi connectivity index (χ1) is 71.9. The lowest BCUT2D eigenvalue weighted by molar-refractivity contribution is 0.100. The third kappa shape index (κ3) is 20.8. The highest BCUT2D eigenvalue weighted by Gasteiger charge is 2.36. The SMILES string of the molecule is Cc1cc(F)ccc1[C@](C)(O)c1cnc(N2CCN(c3ncnn4cc(-c5cnn(C)c5)cc34)CC2)nc1.Cc1ccc(-c2cc3c(N4CCN(c5ncc([C@@](C)(O)c6ccc(F)cc6)cn5)CC4)ncnn3c2)s1.Cc1ccc(-c2cc3c(N4CCN(c5ncc([C@](C)(O)c6ccc(F)cc6)cn5)CC4)ncnn3c2)s1.Cn1cc(-c2cc3c(N4CCN(c5ncc([C@](C)(O)c6ccc(Cl)cc6)cn5)CC4)ncnn3c2)cn1. The van der Waals surface area contributed by atoms with Crippen LogP contribution in [-0.2, 0) is 36.5 Å². The molecule has 20 heterocycles. The molecule has 0 aliphatic carbocycles. The van der Waals surface area contributed by atoms with E-state index < -0.39 is 22.4 Å². The van der Waals surface area contributed by atoms with Crippen LogP contribution in [0.1, 0.15) is 87.5 Å². The number of aryl methyl sites for hydroxylation is 5. The quantitative estimate of drug-likeness (QED) is 0.0550. The molecule has 24 rings (SSSR count). The summed E-state index contributed by atoms with van der Waals surface area (Å²) in [5, 5.41) is 71.2. The minimum absolute atomic E-state index is 0.332. The van der Waals surface area contributed by atoms with Crippen molar-refractivity contribution < 1.29 is 33.6 Å². The number of halogens is 4. The van der Waals surface area contributed by atoms with Gasteiger partial charge in [0.15, 0.2) is 23.3 Å². The minimum Gasteiger partial charge on any atom is -0.381 e. The minimum atomic E-state index is -1.33. The number of aliphatic hydroxyl groups is 4. The molecular formula is C107H106ClF3N32O4S2. The molecule has 16 aromatic heterocycles. The number of nitrogens with zero attached hydrogens (tertiary/aromatic N) is 32. The summed E-state index contributed by atoms with van der Waals surface area (Å²) in [5.41, 5.74) is 10.6.